The number of rotatable bonds is 6. The molecular formula is C21H25FO4. The third-order valence-electron chi connectivity index (χ3n) is 5.51. The maximum atomic E-state index is 14.5. The Morgan fingerprint density at radius 3 is 2.96 bits per heavy atom. The molecule has 3 atom stereocenters. The topological polar surface area (TPSA) is 44.8 Å². The van der Waals surface area contributed by atoms with E-state index >= 15 is 0 Å². The molecule has 0 spiro atoms. The maximum absolute atomic E-state index is 14.5. The van der Waals surface area contributed by atoms with Crippen molar-refractivity contribution in [2.75, 3.05) is 13.9 Å². The highest BCUT2D eigenvalue weighted by atomic mass is 19.1. The summed E-state index contributed by atoms with van der Waals surface area (Å²) in [5, 5.41) is 0. The van der Waals surface area contributed by atoms with Crippen LogP contribution >= 0.6 is 0 Å². The lowest BCUT2D eigenvalue weighted by Crippen LogP contribution is -2.45. The van der Waals surface area contributed by atoms with E-state index in [4.69, 9.17) is 14.2 Å². The zero-order chi connectivity index (χ0) is 18.9. The van der Waals surface area contributed by atoms with E-state index in [-0.39, 0.29) is 30.2 Å². The molecule has 5 heteroatoms. The van der Waals surface area contributed by atoms with Crippen LogP contribution in [0.2, 0.25) is 0 Å². The van der Waals surface area contributed by atoms with Crippen LogP contribution in [0.5, 0.6) is 5.75 Å². The van der Waals surface area contributed by atoms with Gasteiger partial charge in [-0.1, -0.05) is 13.0 Å². The van der Waals surface area contributed by atoms with Crippen molar-refractivity contribution in [3.8, 4) is 5.75 Å². The lowest BCUT2D eigenvalue weighted by Gasteiger charge is -2.38. The normalized spacial score (nSPS) is 25.9. The molecule has 1 aliphatic carbocycles. The number of carbonyl (C=O) groups excluding carboxylic acids is 1. The Kier molecular flexibility index (Phi) is 5.19. The molecule has 1 aromatic rings. The molecule has 1 saturated heterocycles. The summed E-state index contributed by atoms with van der Waals surface area (Å²) in [6, 6.07) is 3.23. The zero-order valence-corrected chi connectivity index (χ0v) is 15.5. The molecule has 140 valence electrons. The van der Waals surface area contributed by atoms with Crippen molar-refractivity contribution in [1.29, 1.82) is 0 Å². The fourth-order valence-corrected chi connectivity index (χ4v) is 4.01. The predicted molar refractivity (Wildman–Crippen MR) is 96.3 cm³/mol. The second-order valence-corrected chi connectivity index (χ2v) is 7.15. The number of ketones is 1. The maximum Gasteiger partial charge on any atom is 0.189 e. The van der Waals surface area contributed by atoms with Crippen LogP contribution in [0.3, 0.4) is 0 Å². The first-order chi connectivity index (χ1) is 12.4. The van der Waals surface area contributed by atoms with Gasteiger partial charge in [-0.15, -0.1) is 6.58 Å². The standard InChI is InChI=1S/C21H25FO4/c1-5-6-15-11-21(20(10-18(15)23)25-12-26-21)14(3)8-16-7-13(2)19(24-4)9-17(16)22/h5,7,9-10,14-15H,1,6,8,11-12H2,2-4H3/t14-,15-,21+/m0/s1. The summed E-state index contributed by atoms with van der Waals surface area (Å²) in [6.07, 6.45) is 4.91. The molecule has 2 aliphatic rings. The van der Waals surface area contributed by atoms with Crippen LogP contribution in [0.4, 0.5) is 4.39 Å². The van der Waals surface area contributed by atoms with E-state index in [1.54, 1.807) is 12.2 Å². The zero-order valence-electron chi connectivity index (χ0n) is 15.5. The average Bonchev–Trinajstić information content (AvgIpc) is 3.02. The molecule has 26 heavy (non-hydrogen) atoms. The number of benzene rings is 1. The van der Waals surface area contributed by atoms with E-state index in [2.05, 4.69) is 6.58 Å². The van der Waals surface area contributed by atoms with Crippen LogP contribution < -0.4 is 4.74 Å². The first kappa shape index (κ1) is 18.6. The van der Waals surface area contributed by atoms with Gasteiger partial charge in [-0.25, -0.2) is 4.39 Å². The van der Waals surface area contributed by atoms with Crippen LogP contribution in [0.25, 0.3) is 0 Å². The van der Waals surface area contributed by atoms with Crippen LogP contribution in [0.1, 0.15) is 30.9 Å². The summed E-state index contributed by atoms with van der Waals surface area (Å²) in [5.74, 6) is 0.615. The van der Waals surface area contributed by atoms with Gasteiger partial charge in [0, 0.05) is 18.1 Å². The van der Waals surface area contributed by atoms with Gasteiger partial charge in [-0.05, 0) is 49.3 Å². The van der Waals surface area contributed by atoms with Crippen molar-refractivity contribution in [3.05, 3.63) is 53.6 Å². The van der Waals surface area contributed by atoms with E-state index < -0.39 is 5.60 Å². The molecule has 0 radical (unpaired) electrons. The minimum Gasteiger partial charge on any atom is -0.496 e. The van der Waals surface area contributed by atoms with E-state index in [1.807, 2.05) is 19.9 Å². The average molecular weight is 360 g/mol. The van der Waals surface area contributed by atoms with E-state index in [9.17, 15) is 9.18 Å². The van der Waals surface area contributed by atoms with Crippen molar-refractivity contribution >= 4 is 5.78 Å². The second-order valence-electron chi connectivity index (χ2n) is 7.15. The van der Waals surface area contributed by atoms with Gasteiger partial charge in [0.05, 0.1) is 7.11 Å². The molecule has 0 amide bonds. The van der Waals surface area contributed by atoms with Crippen LogP contribution in [0, 0.1) is 24.6 Å². The highest BCUT2D eigenvalue weighted by Crippen LogP contribution is 2.46. The van der Waals surface area contributed by atoms with Gasteiger partial charge in [0.15, 0.2) is 12.6 Å². The third-order valence-corrected chi connectivity index (χ3v) is 5.51. The highest BCUT2D eigenvalue weighted by molar-refractivity contribution is 5.93. The number of fused-ring (bicyclic) bond motifs is 1. The molecular weight excluding hydrogens is 335 g/mol. The number of hydrogen-bond acceptors (Lipinski definition) is 4. The SMILES string of the molecule is C=CC[C@H]1C[C@]2([C@@H](C)Cc3cc(C)c(OC)cc3F)OCOC2=CC1=O. The molecule has 4 nitrogen and oxygen atoms in total. The summed E-state index contributed by atoms with van der Waals surface area (Å²) in [6.45, 7) is 7.77. The second kappa shape index (κ2) is 7.23. The summed E-state index contributed by atoms with van der Waals surface area (Å²) >= 11 is 0. The lowest BCUT2D eigenvalue weighted by molar-refractivity contribution is -0.123. The number of carbonyl (C=O) groups is 1. The van der Waals surface area contributed by atoms with Gasteiger partial charge in [-0.2, -0.15) is 0 Å². The van der Waals surface area contributed by atoms with Crippen molar-refractivity contribution in [3.63, 3.8) is 0 Å². The number of ether oxygens (including phenoxy) is 3. The van der Waals surface area contributed by atoms with Gasteiger partial charge < -0.3 is 14.2 Å². The molecule has 0 saturated carbocycles. The highest BCUT2D eigenvalue weighted by Gasteiger charge is 2.51. The Morgan fingerprint density at radius 2 is 2.27 bits per heavy atom. The summed E-state index contributed by atoms with van der Waals surface area (Å²) in [5.41, 5.74) is 0.801. The van der Waals surface area contributed by atoms with Gasteiger partial charge in [-0.3, -0.25) is 4.79 Å². The Hall–Kier alpha value is -2.14. The van der Waals surface area contributed by atoms with Crippen LogP contribution in [0.15, 0.2) is 36.6 Å². The minimum absolute atomic E-state index is 0.0414. The Morgan fingerprint density at radius 1 is 1.50 bits per heavy atom. The Labute approximate surface area is 153 Å². The number of methoxy groups -OCH3 is 1. The predicted octanol–water partition coefficient (Wildman–Crippen LogP) is 4.11. The molecule has 3 rings (SSSR count). The van der Waals surface area contributed by atoms with Gasteiger partial charge in [0.25, 0.3) is 0 Å². The first-order valence-corrected chi connectivity index (χ1v) is 8.88. The molecule has 0 bridgehead atoms. The lowest BCUT2D eigenvalue weighted by atomic mass is 9.71. The smallest absolute Gasteiger partial charge is 0.189 e. The third kappa shape index (κ3) is 3.16. The van der Waals surface area contributed by atoms with E-state index in [0.29, 0.717) is 36.3 Å². The Balaban J connectivity index is 1.89. The molecule has 0 aromatic heterocycles. The van der Waals surface area contributed by atoms with Gasteiger partial charge in [0.1, 0.15) is 22.9 Å². The van der Waals surface area contributed by atoms with Crippen molar-refractivity contribution < 1.29 is 23.4 Å². The van der Waals surface area contributed by atoms with Crippen molar-refractivity contribution in [1.82, 2.24) is 0 Å². The largest absolute Gasteiger partial charge is 0.496 e. The molecule has 1 aliphatic heterocycles. The van der Waals surface area contributed by atoms with Gasteiger partial charge >= 0.3 is 0 Å². The number of halogens is 1. The monoisotopic (exact) mass is 360 g/mol. The van der Waals surface area contributed by atoms with Gasteiger partial charge in [0.2, 0.25) is 0 Å². The Bertz CT molecular complexity index is 755. The fourth-order valence-electron chi connectivity index (χ4n) is 4.01. The molecule has 1 heterocycles. The quantitative estimate of drug-likeness (QED) is 0.716. The molecule has 0 N–H and O–H groups in total. The summed E-state index contributed by atoms with van der Waals surface area (Å²) in [7, 11) is 1.53. The molecule has 1 fully saturated rings. The van der Waals surface area contributed by atoms with Crippen molar-refractivity contribution in [2.24, 2.45) is 11.8 Å². The van der Waals surface area contributed by atoms with E-state index in [1.165, 1.54) is 13.2 Å². The number of allylic oxidation sites excluding steroid dienone is 2. The minimum atomic E-state index is -0.693. The van der Waals surface area contributed by atoms with Crippen molar-refractivity contribution in [2.45, 2.75) is 38.7 Å². The number of hydrogen-bond donors (Lipinski definition) is 0. The number of aryl methyl sites for hydroxylation is 1. The molecule has 0 unspecified atom stereocenters. The summed E-state index contributed by atoms with van der Waals surface area (Å²) < 4.78 is 31.3. The van der Waals surface area contributed by atoms with Crippen LogP contribution in [-0.2, 0) is 20.7 Å². The molecule has 1 aromatic carbocycles. The van der Waals surface area contributed by atoms with E-state index in [0.717, 1.165) is 5.56 Å². The van der Waals surface area contributed by atoms with Crippen LogP contribution in [-0.4, -0.2) is 25.3 Å². The summed E-state index contributed by atoms with van der Waals surface area (Å²) in [4.78, 5) is 12.3. The fraction of sp³-hybridized carbons (Fsp3) is 0.476. The first-order valence-electron chi connectivity index (χ1n) is 8.88.